The molecule has 2 heterocycles. The number of hydrogen-bond donors (Lipinski definition) is 2. The number of aryl methyl sites for hydroxylation is 1. The van der Waals surface area contributed by atoms with Crippen LogP contribution in [0.2, 0.25) is 0 Å². The first kappa shape index (κ1) is 23.1. The van der Waals surface area contributed by atoms with Crippen LogP contribution < -0.4 is 10.6 Å². The summed E-state index contributed by atoms with van der Waals surface area (Å²) in [7, 11) is 1.83. The second kappa shape index (κ2) is 12.4. The predicted molar refractivity (Wildman–Crippen MR) is 129 cm³/mol. The normalized spacial score (nSPS) is 16.3. The lowest BCUT2D eigenvalue weighted by Crippen LogP contribution is -2.46. The van der Waals surface area contributed by atoms with E-state index in [1.165, 1.54) is 16.0 Å². The van der Waals surface area contributed by atoms with Crippen molar-refractivity contribution in [2.24, 2.45) is 4.99 Å². The lowest BCUT2D eigenvalue weighted by atomic mass is 10.1. The number of aliphatic imine (C=N–C) groups is 1. The summed E-state index contributed by atoms with van der Waals surface area (Å²) in [4.78, 5) is 8.28. The van der Waals surface area contributed by atoms with Crippen LogP contribution in [-0.2, 0) is 11.2 Å². The second-order valence-corrected chi connectivity index (χ2v) is 7.77. The minimum atomic E-state index is 0. The number of ether oxygens (including phenoxy) is 1. The number of guanidine groups is 1. The molecule has 0 amide bonds. The average Bonchev–Trinajstić information content (AvgIpc) is 3.23. The Kier molecular flexibility index (Phi) is 10.3. The van der Waals surface area contributed by atoms with Crippen LogP contribution in [0, 0.1) is 6.92 Å². The molecule has 1 aliphatic heterocycles. The first-order valence-electron chi connectivity index (χ1n) is 9.61. The molecule has 0 spiro atoms. The summed E-state index contributed by atoms with van der Waals surface area (Å²) < 4.78 is 5.52. The average molecular weight is 514 g/mol. The van der Waals surface area contributed by atoms with E-state index in [2.05, 4.69) is 69.2 Å². The molecule has 1 aliphatic rings. The highest BCUT2D eigenvalue weighted by Crippen LogP contribution is 2.25. The van der Waals surface area contributed by atoms with Crippen LogP contribution in [0.25, 0.3) is 0 Å². The third kappa shape index (κ3) is 7.02. The van der Waals surface area contributed by atoms with Crippen molar-refractivity contribution in [3.05, 3.63) is 57.8 Å². The molecule has 1 atom stereocenters. The predicted octanol–water partition coefficient (Wildman–Crippen LogP) is 3.46. The van der Waals surface area contributed by atoms with Gasteiger partial charge >= 0.3 is 0 Å². The Balaban J connectivity index is 0.00000280. The molecule has 0 saturated carbocycles. The van der Waals surface area contributed by atoms with Gasteiger partial charge in [-0.3, -0.25) is 9.89 Å². The zero-order valence-electron chi connectivity index (χ0n) is 16.7. The number of benzene rings is 1. The topological polar surface area (TPSA) is 48.9 Å². The molecule has 1 aromatic heterocycles. The van der Waals surface area contributed by atoms with E-state index in [0.29, 0.717) is 6.04 Å². The summed E-state index contributed by atoms with van der Waals surface area (Å²) in [5.41, 5.74) is 2.64. The Hall–Kier alpha value is -1.16. The van der Waals surface area contributed by atoms with E-state index in [1.807, 2.05) is 18.4 Å². The molecular formula is C21H31IN4OS. The maximum atomic E-state index is 5.52. The fourth-order valence-corrected chi connectivity index (χ4v) is 4.13. The number of hydrogen-bond acceptors (Lipinski definition) is 4. The van der Waals surface area contributed by atoms with E-state index in [0.717, 1.165) is 51.8 Å². The van der Waals surface area contributed by atoms with Crippen molar-refractivity contribution in [2.75, 3.05) is 46.4 Å². The highest BCUT2D eigenvalue weighted by molar-refractivity contribution is 14.0. The van der Waals surface area contributed by atoms with Gasteiger partial charge in [0.2, 0.25) is 0 Å². The summed E-state index contributed by atoms with van der Waals surface area (Å²) >= 11 is 1.82. The molecular weight excluding hydrogens is 483 g/mol. The zero-order valence-corrected chi connectivity index (χ0v) is 19.8. The summed E-state index contributed by atoms with van der Waals surface area (Å²) in [6.45, 7) is 7.39. The van der Waals surface area contributed by atoms with Crippen molar-refractivity contribution in [1.29, 1.82) is 0 Å². The van der Waals surface area contributed by atoms with E-state index in [9.17, 15) is 0 Å². The van der Waals surface area contributed by atoms with Crippen molar-refractivity contribution >= 4 is 41.3 Å². The SMILES string of the molecule is CN=C(NCCc1ccc(C)cc1)NCC(c1cccs1)N1CCOCC1.I. The maximum absolute atomic E-state index is 5.52. The van der Waals surface area contributed by atoms with Gasteiger partial charge in [-0.2, -0.15) is 0 Å². The minimum absolute atomic E-state index is 0. The third-order valence-corrected chi connectivity index (χ3v) is 5.84. The molecule has 3 rings (SSSR count). The van der Waals surface area contributed by atoms with Gasteiger partial charge in [0.05, 0.1) is 19.3 Å². The van der Waals surface area contributed by atoms with Crippen LogP contribution in [0.4, 0.5) is 0 Å². The molecule has 1 aromatic carbocycles. The van der Waals surface area contributed by atoms with Crippen LogP contribution in [-0.4, -0.2) is 57.3 Å². The minimum Gasteiger partial charge on any atom is -0.379 e. The van der Waals surface area contributed by atoms with E-state index in [1.54, 1.807) is 0 Å². The van der Waals surface area contributed by atoms with E-state index < -0.39 is 0 Å². The highest BCUT2D eigenvalue weighted by atomic mass is 127. The molecule has 0 radical (unpaired) electrons. The molecule has 2 aromatic rings. The fourth-order valence-electron chi connectivity index (χ4n) is 3.27. The van der Waals surface area contributed by atoms with Crippen LogP contribution in [0.5, 0.6) is 0 Å². The van der Waals surface area contributed by atoms with Crippen LogP contribution in [0.1, 0.15) is 22.0 Å². The third-order valence-electron chi connectivity index (χ3n) is 4.87. The van der Waals surface area contributed by atoms with Crippen molar-refractivity contribution in [3.8, 4) is 0 Å². The molecule has 28 heavy (non-hydrogen) atoms. The van der Waals surface area contributed by atoms with Crippen LogP contribution >= 0.6 is 35.3 Å². The van der Waals surface area contributed by atoms with Gasteiger partial charge in [0.25, 0.3) is 0 Å². The van der Waals surface area contributed by atoms with Crippen molar-refractivity contribution in [3.63, 3.8) is 0 Å². The van der Waals surface area contributed by atoms with E-state index in [-0.39, 0.29) is 24.0 Å². The number of rotatable bonds is 7. The number of nitrogens with zero attached hydrogens (tertiary/aromatic N) is 2. The Labute approximate surface area is 189 Å². The lowest BCUT2D eigenvalue weighted by Gasteiger charge is -2.34. The summed E-state index contributed by atoms with van der Waals surface area (Å²) in [6.07, 6.45) is 0.985. The first-order chi connectivity index (χ1) is 13.3. The van der Waals surface area contributed by atoms with Gasteiger partial charge in [0, 0.05) is 38.1 Å². The zero-order chi connectivity index (χ0) is 18.9. The fraction of sp³-hybridized carbons (Fsp3) is 0.476. The van der Waals surface area contributed by atoms with Crippen molar-refractivity contribution in [1.82, 2.24) is 15.5 Å². The van der Waals surface area contributed by atoms with Gasteiger partial charge in [-0.15, -0.1) is 35.3 Å². The number of halogens is 1. The quantitative estimate of drug-likeness (QED) is 0.338. The standard InChI is InChI=1S/C21H30N4OS.HI/c1-17-5-7-18(8-6-17)9-10-23-21(22-2)24-16-19(20-4-3-15-27-20)25-11-13-26-14-12-25;/h3-8,15,19H,9-14,16H2,1-2H3,(H2,22,23,24);1H. The molecule has 1 fully saturated rings. The highest BCUT2D eigenvalue weighted by Gasteiger charge is 2.23. The van der Waals surface area contributed by atoms with E-state index in [4.69, 9.17) is 4.74 Å². The summed E-state index contributed by atoms with van der Waals surface area (Å²) in [6, 6.07) is 13.4. The van der Waals surface area contributed by atoms with E-state index >= 15 is 0 Å². The maximum Gasteiger partial charge on any atom is 0.191 e. The number of morpholine rings is 1. The molecule has 1 unspecified atom stereocenters. The molecule has 2 N–H and O–H groups in total. The summed E-state index contributed by atoms with van der Waals surface area (Å²) in [5.74, 6) is 0.858. The first-order valence-corrected chi connectivity index (χ1v) is 10.5. The lowest BCUT2D eigenvalue weighted by molar-refractivity contribution is 0.0177. The Morgan fingerprint density at radius 3 is 2.57 bits per heavy atom. The van der Waals surface area contributed by atoms with Gasteiger partial charge in [-0.05, 0) is 30.4 Å². The van der Waals surface area contributed by atoms with Gasteiger partial charge in [0.15, 0.2) is 5.96 Å². The number of nitrogens with one attached hydrogen (secondary N) is 2. The van der Waals surface area contributed by atoms with Gasteiger partial charge in [-0.1, -0.05) is 35.9 Å². The van der Waals surface area contributed by atoms with Crippen LogP contribution in [0.15, 0.2) is 46.8 Å². The smallest absolute Gasteiger partial charge is 0.191 e. The molecule has 0 aliphatic carbocycles. The Morgan fingerprint density at radius 2 is 1.93 bits per heavy atom. The van der Waals surface area contributed by atoms with Gasteiger partial charge < -0.3 is 15.4 Å². The monoisotopic (exact) mass is 514 g/mol. The number of thiophene rings is 1. The molecule has 1 saturated heterocycles. The molecule has 0 bridgehead atoms. The second-order valence-electron chi connectivity index (χ2n) is 6.80. The summed E-state index contributed by atoms with van der Waals surface area (Å²) in [5, 5.41) is 9.10. The van der Waals surface area contributed by atoms with Crippen molar-refractivity contribution in [2.45, 2.75) is 19.4 Å². The molecule has 7 heteroatoms. The molecule has 154 valence electrons. The van der Waals surface area contributed by atoms with Gasteiger partial charge in [-0.25, -0.2) is 0 Å². The Bertz CT molecular complexity index is 700. The van der Waals surface area contributed by atoms with Crippen molar-refractivity contribution < 1.29 is 4.74 Å². The van der Waals surface area contributed by atoms with Gasteiger partial charge in [0.1, 0.15) is 0 Å². The largest absolute Gasteiger partial charge is 0.379 e. The molecule has 5 nitrogen and oxygen atoms in total. The Morgan fingerprint density at radius 1 is 1.18 bits per heavy atom. The van der Waals surface area contributed by atoms with Crippen LogP contribution in [0.3, 0.4) is 0 Å².